The minimum Gasteiger partial charge on any atom is -0.357 e. The molecule has 1 N–H and O–H groups in total. The van der Waals surface area contributed by atoms with Crippen molar-refractivity contribution in [2.24, 2.45) is 5.92 Å². The summed E-state index contributed by atoms with van der Waals surface area (Å²) in [5, 5.41) is 2.99. The Balaban J connectivity index is 1.67. The molecule has 1 aromatic heterocycles. The van der Waals surface area contributed by atoms with Crippen molar-refractivity contribution >= 4 is 17.7 Å². The zero-order valence-electron chi connectivity index (χ0n) is 13.8. The lowest BCUT2D eigenvalue weighted by Gasteiger charge is -2.28. The van der Waals surface area contributed by atoms with Crippen molar-refractivity contribution in [1.29, 1.82) is 0 Å². The van der Waals surface area contributed by atoms with Gasteiger partial charge in [-0.25, -0.2) is 4.98 Å². The minimum absolute atomic E-state index is 0.115. The van der Waals surface area contributed by atoms with E-state index in [2.05, 4.69) is 25.1 Å². The van der Waals surface area contributed by atoms with Crippen LogP contribution in [0.1, 0.15) is 48.9 Å². The number of carbonyl (C=O) groups excluding carboxylic acids is 1. The third kappa shape index (κ3) is 2.64. The molecule has 1 amide bonds. The Morgan fingerprint density at radius 2 is 2.09 bits per heavy atom. The van der Waals surface area contributed by atoms with Crippen LogP contribution >= 0.6 is 0 Å². The first kappa shape index (κ1) is 14.7. The first-order valence-electron chi connectivity index (χ1n) is 8.87. The Morgan fingerprint density at radius 1 is 1.26 bits per heavy atom. The van der Waals surface area contributed by atoms with E-state index in [0.29, 0.717) is 23.5 Å². The lowest BCUT2D eigenvalue weighted by Crippen LogP contribution is -2.41. The SMILES string of the molecule is CNc1ncc2c(n1)N1CCC[C@H]1CN(CC1CCCC1)C2=O. The fourth-order valence-corrected chi connectivity index (χ4v) is 4.34. The number of rotatable bonds is 3. The Kier molecular flexibility index (Phi) is 3.83. The Morgan fingerprint density at radius 3 is 2.87 bits per heavy atom. The van der Waals surface area contributed by atoms with Gasteiger partial charge in [-0.15, -0.1) is 0 Å². The van der Waals surface area contributed by atoms with E-state index < -0.39 is 0 Å². The van der Waals surface area contributed by atoms with E-state index in [1.807, 2.05) is 7.05 Å². The molecule has 0 bridgehead atoms. The molecule has 6 heteroatoms. The molecule has 1 atom stereocenters. The van der Waals surface area contributed by atoms with E-state index in [0.717, 1.165) is 31.9 Å². The molecule has 0 radical (unpaired) electrons. The number of hydrogen-bond acceptors (Lipinski definition) is 5. The highest BCUT2D eigenvalue weighted by Gasteiger charge is 2.37. The second-order valence-electron chi connectivity index (χ2n) is 7.03. The van der Waals surface area contributed by atoms with Gasteiger partial charge in [0.05, 0.1) is 0 Å². The molecule has 0 aromatic carbocycles. The number of aromatic nitrogens is 2. The van der Waals surface area contributed by atoms with Crippen LogP contribution in [0.25, 0.3) is 0 Å². The second kappa shape index (κ2) is 5.98. The standard InChI is InChI=1S/C17H25N5O/c1-18-17-19-9-14-15(20-17)22-8-4-7-13(22)11-21(16(14)23)10-12-5-2-3-6-12/h9,12-13H,2-8,10-11H2,1H3,(H,18,19,20)/t13-/m0/s1. The van der Waals surface area contributed by atoms with Crippen molar-refractivity contribution in [3.63, 3.8) is 0 Å². The van der Waals surface area contributed by atoms with E-state index in [9.17, 15) is 4.79 Å². The largest absolute Gasteiger partial charge is 0.357 e. The molecule has 0 unspecified atom stereocenters. The summed E-state index contributed by atoms with van der Waals surface area (Å²) >= 11 is 0. The number of amides is 1. The summed E-state index contributed by atoms with van der Waals surface area (Å²) in [7, 11) is 1.81. The molecule has 1 saturated carbocycles. The fraction of sp³-hybridized carbons (Fsp3) is 0.706. The van der Waals surface area contributed by atoms with Gasteiger partial charge in [0.2, 0.25) is 5.95 Å². The molecule has 4 rings (SSSR count). The van der Waals surface area contributed by atoms with Gasteiger partial charge in [0.25, 0.3) is 5.91 Å². The summed E-state index contributed by atoms with van der Waals surface area (Å²) in [6, 6.07) is 0.404. The summed E-state index contributed by atoms with van der Waals surface area (Å²) in [5.74, 6) is 2.20. The van der Waals surface area contributed by atoms with Crippen LogP contribution in [0.4, 0.5) is 11.8 Å². The van der Waals surface area contributed by atoms with Crippen LogP contribution in [0, 0.1) is 5.92 Å². The number of hydrogen-bond donors (Lipinski definition) is 1. The average Bonchev–Trinajstić information content (AvgIpc) is 3.23. The van der Waals surface area contributed by atoms with Crippen LogP contribution in [0.3, 0.4) is 0 Å². The zero-order valence-corrected chi connectivity index (χ0v) is 13.8. The molecule has 1 saturated heterocycles. The number of anilines is 2. The average molecular weight is 315 g/mol. The van der Waals surface area contributed by atoms with Crippen molar-refractivity contribution in [1.82, 2.24) is 14.9 Å². The Bertz CT molecular complexity index is 599. The summed E-state index contributed by atoms with van der Waals surface area (Å²) in [6.07, 6.45) is 9.18. The summed E-state index contributed by atoms with van der Waals surface area (Å²) in [4.78, 5) is 26.3. The van der Waals surface area contributed by atoms with Crippen LogP contribution in [0.15, 0.2) is 6.20 Å². The monoisotopic (exact) mass is 315 g/mol. The van der Waals surface area contributed by atoms with Gasteiger partial charge in [-0.2, -0.15) is 4.98 Å². The van der Waals surface area contributed by atoms with Gasteiger partial charge in [0, 0.05) is 38.9 Å². The zero-order chi connectivity index (χ0) is 15.8. The number of carbonyl (C=O) groups is 1. The second-order valence-corrected chi connectivity index (χ2v) is 7.03. The maximum absolute atomic E-state index is 13.1. The predicted octanol–water partition coefficient (Wildman–Crippen LogP) is 2.13. The summed E-state index contributed by atoms with van der Waals surface area (Å²) in [6.45, 7) is 2.72. The van der Waals surface area contributed by atoms with Crippen molar-refractivity contribution in [2.75, 3.05) is 36.9 Å². The predicted molar refractivity (Wildman–Crippen MR) is 89.8 cm³/mol. The molecule has 23 heavy (non-hydrogen) atoms. The van der Waals surface area contributed by atoms with Crippen LogP contribution in [-0.4, -0.2) is 53.5 Å². The lowest BCUT2D eigenvalue weighted by atomic mass is 10.1. The summed E-state index contributed by atoms with van der Waals surface area (Å²) in [5.41, 5.74) is 0.673. The van der Waals surface area contributed by atoms with Gasteiger partial charge >= 0.3 is 0 Å². The highest BCUT2D eigenvalue weighted by Crippen LogP contribution is 2.33. The van der Waals surface area contributed by atoms with Gasteiger partial charge in [0.1, 0.15) is 11.4 Å². The minimum atomic E-state index is 0.115. The molecule has 0 spiro atoms. The van der Waals surface area contributed by atoms with Gasteiger partial charge in [-0.1, -0.05) is 12.8 Å². The van der Waals surface area contributed by atoms with Gasteiger partial charge in [-0.05, 0) is 31.6 Å². The van der Waals surface area contributed by atoms with E-state index in [4.69, 9.17) is 0 Å². The highest BCUT2D eigenvalue weighted by atomic mass is 16.2. The molecule has 2 aliphatic heterocycles. The van der Waals surface area contributed by atoms with E-state index in [1.165, 1.54) is 32.1 Å². The van der Waals surface area contributed by atoms with Crippen LogP contribution in [0.2, 0.25) is 0 Å². The van der Waals surface area contributed by atoms with Crippen molar-refractivity contribution in [3.05, 3.63) is 11.8 Å². The maximum Gasteiger partial charge on any atom is 0.259 e. The van der Waals surface area contributed by atoms with Crippen molar-refractivity contribution in [3.8, 4) is 0 Å². The van der Waals surface area contributed by atoms with Crippen molar-refractivity contribution < 1.29 is 4.79 Å². The molecule has 1 aliphatic carbocycles. The van der Waals surface area contributed by atoms with Crippen LogP contribution in [-0.2, 0) is 0 Å². The molecular weight excluding hydrogens is 290 g/mol. The van der Waals surface area contributed by atoms with Crippen molar-refractivity contribution in [2.45, 2.75) is 44.6 Å². The fourth-order valence-electron chi connectivity index (χ4n) is 4.34. The smallest absolute Gasteiger partial charge is 0.259 e. The molecule has 124 valence electrons. The number of nitrogens with zero attached hydrogens (tertiary/aromatic N) is 4. The Labute approximate surface area is 137 Å². The molecule has 3 aliphatic rings. The topological polar surface area (TPSA) is 61.4 Å². The normalized spacial score (nSPS) is 24.6. The quantitative estimate of drug-likeness (QED) is 0.926. The van der Waals surface area contributed by atoms with E-state index in [1.54, 1.807) is 6.20 Å². The van der Waals surface area contributed by atoms with Gasteiger partial charge in [0.15, 0.2) is 0 Å². The van der Waals surface area contributed by atoms with E-state index >= 15 is 0 Å². The molecule has 2 fully saturated rings. The van der Waals surface area contributed by atoms with Gasteiger partial charge in [-0.3, -0.25) is 4.79 Å². The summed E-state index contributed by atoms with van der Waals surface area (Å²) < 4.78 is 0. The number of nitrogens with one attached hydrogen (secondary N) is 1. The highest BCUT2D eigenvalue weighted by molar-refractivity contribution is 5.99. The molecular formula is C17H25N5O. The third-order valence-corrected chi connectivity index (χ3v) is 5.54. The van der Waals surface area contributed by atoms with Crippen LogP contribution in [0.5, 0.6) is 0 Å². The first-order valence-corrected chi connectivity index (χ1v) is 8.87. The number of fused-ring (bicyclic) bond motifs is 3. The van der Waals surface area contributed by atoms with Gasteiger partial charge < -0.3 is 15.1 Å². The molecule has 1 aromatic rings. The Hall–Kier alpha value is -1.85. The first-order chi connectivity index (χ1) is 11.3. The third-order valence-electron chi connectivity index (χ3n) is 5.54. The molecule has 6 nitrogen and oxygen atoms in total. The van der Waals surface area contributed by atoms with E-state index in [-0.39, 0.29) is 5.91 Å². The lowest BCUT2D eigenvalue weighted by molar-refractivity contribution is 0.0727. The molecule has 3 heterocycles. The maximum atomic E-state index is 13.1. The van der Waals surface area contributed by atoms with Crippen LogP contribution < -0.4 is 10.2 Å².